The van der Waals surface area contributed by atoms with E-state index in [1.165, 1.54) is 0 Å². The molecule has 1 saturated heterocycles. The summed E-state index contributed by atoms with van der Waals surface area (Å²) in [5.41, 5.74) is 1.10. The fourth-order valence-electron chi connectivity index (χ4n) is 1.64. The first kappa shape index (κ1) is 10.5. The number of ketones is 1. The number of allylic oxidation sites excluding steroid dienone is 2. The minimum absolute atomic E-state index is 0.214. The maximum Gasteiger partial charge on any atom is 0.159 e. The molecule has 0 aromatic carbocycles. The molecule has 0 saturated carbocycles. The van der Waals surface area contributed by atoms with E-state index in [4.69, 9.17) is 0 Å². The van der Waals surface area contributed by atoms with Crippen LogP contribution >= 0.6 is 0 Å². The summed E-state index contributed by atoms with van der Waals surface area (Å²) in [5, 5.41) is 3.34. The third-order valence-corrected chi connectivity index (χ3v) is 2.49. The van der Waals surface area contributed by atoms with Gasteiger partial charge < -0.3 is 5.32 Å². The molecule has 1 fully saturated rings. The lowest BCUT2D eigenvalue weighted by molar-refractivity contribution is -0.118. The molecule has 1 aliphatic rings. The van der Waals surface area contributed by atoms with Crippen LogP contribution in [0, 0.1) is 5.92 Å². The van der Waals surface area contributed by atoms with E-state index in [1.54, 1.807) is 6.08 Å². The van der Waals surface area contributed by atoms with Gasteiger partial charge in [0.25, 0.3) is 0 Å². The van der Waals surface area contributed by atoms with E-state index < -0.39 is 0 Å². The summed E-state index contributed by atoms with van der Waals surface area (Å²) in [7, 11) is 0. The van der Waals surface area contributed by atoms with Gasteiger partial charge in [0.1, 0.15) is 0 Å². The van der Waals surface area contributed by atoms with Gasteiger partial charge in [-0.3, -0.25) is 4.79 Å². The Balaban J connectivity index is 2.45. The Kier molecular flexibility index (Phi) is 3.67. The minimum Gasteiger partial charge on any atom is -0.314 e. The lowest BCUT2D eigenvalue weighted by atomic mass is 9.91. The average molecular weight is 181 g/mol. The van der Waals surface area contributed by atoms with E-state index in [9.17, 15) is 4.79 Å². The van der Waals surface area contributed by atoms with Crippen LogP contribution < -0.4 is 5.32 Å². The van der Waals surface area contributed by atoms with Crippen molar-refractivity contribution < 1.29 is 4.79 Å². The smallest absolute Gasteiger partial charge is 0.159 e. The number of piperidine rings is 1. The van der Waals surface area contributed by atoms with E-state index in [-0.39, 0.29) is 5.92 Å². The van der Waals surface area contributed by atoms with Crippen LogP contribution in [0.15, 0.2) is 11.6 Å². The van der Waals surface area contributed by atoms with E-state index >= 15 is 0 Å². The Morgan fingerprint density at radius 1 is 1.38 bits per heavy atom. The summed E-state index contributed by atoms with van der Waals surface area (Å²) >= 11 is 0. The van der Waals surface area contributed by atoms with Gasteiger partial charge in [0, 0.05) is 18.5 Å². The first-order chi connectivity index (χ1) is 6.09. The fraction of sp³-hybridized carbons (Fsp3) is 0.727. The summed E-state index contributed by atoms with van der Waals surface area (Å²) in [6, 6.07) is 0.579. The van der Waals surface area contributed by atoms with Crippen LogP contribution in [0.4, 0.5) is 0 Å². The number of rotatable bonds is 2. The molecule has 2 atom stereocenters. The van der Waals surface area contributed by atoms with Crippen LogP contribution in [0.2, 0.25) is 0 Å². The molecule has 2 unspecified atom stereocenters. The van der Waals surface area contributed by atoms with Gasteiger partial charge >= 0.3 is 0 Å². The molecule has 0 bridgehead atoms. The van der Waals surface area contributed by atoms with Gasteiger partial charge in [0.05, 0.1) is 0 Å². The highest BCUT2D eigenvalue weighted by Crippen LogP contribution is 2.15. The van der Waals surface area contributed by atoms with Gasteiger partial charge in [0.2, 0.25) is 0 Å². The molecule has 2 nitrogen and oxygen atoms in total. The fourth-order valence-corrected chi connectivity index (χ4v) is 1.64. The quantitative estimate of drug-likeness (QED) is 0.659. The first-order valence-electron chi connectivity index (χ1n) is 5.01. The van der Waals surface area contributed by atoms with Gasteiger partial charge in [-0.05, 0) is 39.7 Å². The van der Waals surface area contributed by atoms with Crippen molar-refractivity contribution >= 4 is 5.78 Å². The van der Waals surface area contributed by atoms with Crippen LogP contribution in [0.1, 0.15) is 33.6 Å². The second-order valence-electron chi connectivity index (χ2n) is 4.21. The molecule has 1 N–H and O–H groups in total. The number of carbonyl (C=O) groups is 1. The van der Waals surface area contributed by atoms with E-state index in [2.05, 4.69) is 12.2 Å². The lowest BCUT2D eigenvalue weighted by Gasteiger charge is -2.25. The second kappa shape index (κ2) is 4.56. The van der Waals surface area contributed by atoms with Gasteiger partial charge in [0.15, 0.2) is 5.78 Å². The van der Waals surface area contributed by atoms with E-state index in [1.807, 2.05) is 13.8 Å². The second-order valence-corrected chi connectivity index (χ2v) is 4.21. The third-order valence-electron chi connectivity index (χ3n) is 2.49. The molecule has 0 amide bonds. The standard InChI is InChI=1S/C11H19NO/c1-8(2)6-11(13)10-5-4-9(3)12-7-10/h6,9-10,12H,4-5,7H2,1-3H3. The Labute approximate surface area is 80.4 Å². The van der Waals surface area contributed by atoms with Crippen molar-refractivity contribution in [1.82, 2.24) is 5.32 Å². The Morgan fingerprint density at radius 3 is 2.54 bits per heavy atom. The average Bonchev–Trinajstić information content (AvgIpc) is 2.04. The van der Waals surface area contributed by atoms with Crippen molar-refractivity contribution in [2.45, 2.75) is 39.7 Å². The van der Waals surface area contributed by atoms with Gasteiger partial charge in [-0.1, -0.05) is 5.57 Å². The first-order valence-corrected chi connectivity index (χ1v) is 5.01. The van der Waals surface area contributed by atoms with Crippen molar-refractivity contribution in [3.05, 3.63) is 11.6 Å². The normalized spacial score (nSPS) is 28.2. The van der Waals surface area contributed by atoms with E-state index in [0.717, 1.165) is 25.0 Å². The highest BCUT2D eigenvalue weighted by molar-refractivity contribution is 5.92. The van der Waals surface area contributed by atoms with Gasteiger partial charge in [-0.25, -0.2) is 0 Å². The molecule has 2 heteroatoms. The highest BCUT2D eigenvalue weighted by atomic mass is 16.1. The number of nitrogens with one attached hydrogen (secondary N) is 1. The minimum atomic E-state index is 0.214. The van der Waals surface area contributed by atoms with Crippen molar-refractivity contribution in [3.8, 4) is 0 Å². The van der Waals surface area contributed by atoms with Crippen LogP contribution in [0.3, 0.4) is 0 Å². The van der Waals surface area contributed by atoms with Crippen LogP contribution in [-0.2, 0) is 4.79 Å². The molecule has 0 spiro atoms. The SMILES string of the molecule is CC(C)=CC(=O)C1CCC(C)NC1. The molecule has 1 aliphatic heterocycles. The summed E-state index contributed by atoms with van der Waals surface area (Å²) in [6.07, 6.45) is 3.92. The van der Waals surface area contributed by atoms with Crippen LogP contribution in [0.5, 0.6) is 0 Å². The molecule has 1 rings (SSSR count). The number of carbonyl (C=O) groups excluding carboxylic acids is 1. The molecule has 13 heavy (non-hydrogen) atoms. The summed E-state index contributed by atoms with van der Waals surface area (Å²) in [6.45, 7) is 6.96. The molecular weight excluding hydrogens is 162 g/mol. The zero-order valence-corrected chi connectivity index (χ0v) is 8.76. The van der Waals surface area contributed by atoms with Crippen LogP contribution in [0.25, 0.3) is 0 Å². The Bertz CT molecular complexity index is 208. The maximum atomic E-state index is 11.6. The molecule has 1 heterocycles. The highest BCUT2D eigenvalue weighted by Gasteiger charge is 2.21. The summed E-state index contributed by atoms with van der Waals surface area (Å²) in [5.74, 6) is 0.505. The van der Waals surface area contributed by atoms with Crippen molar-refractivity contribution in [3.63, 3.8) is 0 Å². The van der Waals surface area contributed by atoms with Gasteiger partial charge in [-0.15, -0.1) is 0 Å². The number of hydrogen-bond donors (Lipinski definition) is 1. The maximum absolute atomic E-state index is 11.6. The lowest BCUT2D eigenvalue weighted by Crippen LogP contribution is -2.39. The predicted molar refractivity (Wildman–Crippen MR) is 54.6 cm³/mol. The van der Waals surface area contributed by atoms with E-state index in [0.29, 0.717) is 11.8 Å². The van der Waals surface area contributed by atoms with Crippen LogP contribution in [-0.4, -0.2) is 18.4 Å². The number of hydrogen-bond acceptors (Lipinski definition) is 2. The Morgan fingerprint density at radius 2 is 2.08 bits per heavy atom. The molecule has 0 aliphatic carbocycles. The molecule has 0 aromatic heterocycles. The van der Waals surface area contributed by atoms with Crippen molar-refractivity contribution in [2.75, 3.05) is 6.54 Å². The summed E-state index contributed by atoms with van der Waals surface area (Å²) < 4.78 is 0. The largest absolute Gasteiger partial charge is 0.314 e. The zero-order chi connectivity index (χ0) is 9.84. The zero-order valence-electron chi connectivity index (χ0n) is 8.76. The molecular formula is C11H19NO. The van der Waals surface area contributed by atoms with Gasteiger partial charge in [-0.2, -0.15) is 0 Å². The van der Waals surface area contributed by atoms with Crippen molar-refractivity contribution in [1.29, 1.82) is 0 Å². The monoisotopic (exact) mass is 181 g/mol. The van der Waals surface area contributed by atoms with Crippen molar-refractivity contribution in [2.24, 2.45) is 5.92 Å². The third kappa shape index (κ3) is 3.31. The Hall–Kier alpha value is -0.630. The summed E-state index contributed by atoms with van der Waals surface area (Å²) in [4.78, 5) is 11.6. The molecule has 0 aromatic rings. The predicted octanol–water partition coefficient (Wildman–Crippen LogP) is 1.91. The topological polar surface area (TPSA) is 29.1 Å². The molecule has 74 valence electrons. The molecule has 0 radical (unpaired) electrons.